The summed E-state index contributed by atoms with van der Waals surface area (Å²) in [7, 11) is 0. The molecule has 1 N–H and O–H groups in total. The predicted octanol–water partition coefficient (Wildman–Crippen LogP) is 4.97. The van der Waals surface area contributed by atoms with Crippen molar-refractivity contribution in [3.63, 3.8) is 0 Å². The Hall–Kier alpha value is -2.15. The summed E-state index contributed by atoms with van der Waals surface area (Å²) in [6.07, 6.45) is -5.16. The number of hydrogen-bond donors (Lipinski definition) is 1. The van der Waals surface area contributed by atoms with Gasteiger partial charge in [0.15, 0.2) is 0 Å². The fraction of sp³-hybridized carbons (Fsp3) is 0.235. The first kappa shape index (κ1) is 19.2. The van der Waals surface area contributed by atoms with Gasteiger partial charge in [-0.05, 0) is 36.2 Å². The summed E-state index contributed by atoms with van der Waals surface area (Å²) in [5.41, 5.74) is -0.277. The van der Waals surface area contributed by atoms with E-state index in [2.05, 4.69) is 5.32 Å². The molecule has 0 aliphatic heterocycles. The van der Waals surface area contributed by atoms with Crippen LogP contribution >= 0.6 is 11.6 Å². The van der Waals surface area contributed by atoms with E-state index in [1.165, 1.54) is 0 Å². The Bertz CT molecular complexity index is 726. The molecule has 0 atom stereocenters. The molecule has 2 nitrogen and oxygen atoms in total. The minimum absolute atomic E-state index is 0.00201. The van der Waals surface area contributed by atoms with Gasteiger partial charge in [0.05, 0.1) is 0 Å². The van der Waals surface area contributed by atoms with Crippen molar-refractivity contribution in [2.75, 3.05) is 6.54 Å². The molecular formula is C17H13ClF5NO. The number of benzene rings is 2. The van der Waals surface area contributed by atoms with Crippen molar-refractivity contribution in [1.29, 1.82) is 0 Å². The maximum atomic E-state index is 13.2. The molecule has 0 fully saturated rings. The van der Waals surface area contributed by atoms with E-state index in [4.69, 9.17) is 11.6 Å². The zero-order valence-electron chi connectivity index (χ0n) is 12.7. The fourth-order valence-corrected chi connectivity index (χ4v) is 2.19. The van der Waals surface area contributed by atoms with Gasteiger partial charge in [0.25, 0.3) is 5.91 Å². The first-order valence-electron chi connectivity index (χ1n) is 7.19. The van der Waals surface area contributed by atoms with E-state index in [0.717, 1.165) is 17.7 Å². The third-order valence-electron chi connectivity index (χ3n) is 3.48. The van der Waals surface area contributed by atoms with E-state index in [0.29, 0.717) is 23.6 Å². The van der Waals surface area contributed by atoms with Gasteiger partial charge in [0.2, 0.25) is 0 Å². The molecule has 0 unspecified atom stereocenters. The third-order valence-corrected chi connectivity index (χ3v) is 3.73. The summed E-state index contributed by atoms with van der Waals surface area (Å²) in [6.45, 7) is 0.279. The van der Waals surface area contributed by atoms with Gasteiger partial charge >= 0.3 is 12.1 Å². The molecule has 1 amide bonds. The average Bonchev–Trinajstić information content (AvgIpc) is 2.55. The van der Waals surface area contributed by atoms with Crippen molar-refractivity contribution < 1.29 is 26.7 Å². The molecule has 2 aromatic rings. The Morgan fingerprint density at radius 2 is 1.48 bits per heavy atom. The number of halogens is 6. The lowest BCUT2D eigenvalue weighted by atomic mass is 10.1. The standard InChI is InChI=1S/C17H13ClF5NO/c18-14-7-1-11(2-8-14)9-10-24-15(25)12-3-5-13(6-4-12)16(19,20)17(21,22)23/h1-8H,9-10H2,(H,24,25). The molecule has 0 aliphatic carbocycles. The normalized spacial score (nSPS) is 12.1. The second kappa shape index (κ2) is 7.39. The van der Waals surface area contributed by atoms with E-state index >= 15 is 0 Å². The molecule has 0 aliphatic rings. The number of alkyl halides is 5. The van der Waals surface area contributed by atoms with Crippen LogP contribution in [0.4, 0.5) is 22.0 Å². The number of rotatable bonds is 5. The molecule has 0 spiro atoms. The van der Waals surface area contributed by atoms with E-state index < -0.39 is 23.6 Å². The molecule has 2 aromatic carbocycles. The van der Waals surface area contributed by atoms with Crippen LogP contribution in [0.3, 0.4) is 0 Å². The van der Waals surface area contributed by atoms with Crippen molar-refractivity contribution in [2.45, 2.75) is 18.5 Å². The van der Waals surface area contributed by atoms with Crippen molar-refractivity contribution in [3.8, 4) is 0 Å². The van der Waals surface area contributed by atoms with Gasteiger partial charge in [-0.1, -0.05) is 35.9 Å². The average molecular weight is 378 g/mol. The smallest absolute Gasteiger partial charge is 0.352 e. The van der Waals surface area contributed by atoms with Crippen LogP contribution in [0.1, 0.15) is 21.5 Å². The predicted molar refractivity (Wildman–Crippen MR) is 83.9 cm³/mol. The van der Waals surface area contributed by atoms with E-state index in [-0.39, 0.29) is 12.1 Å². The monoisotopic (exact) mass is 377 g/mol. The van der Waals surface area contributed by atoms with Gasteiger partial charge in [-0.25, -0.2) is 0 Å². The third kappa shape index (κ3) is 4.69. The van der Waals surface area contributed by atoms with Gasteiger partial charge in [-0.15, -0.1) is 0 Å². The topological polar surface area (TPSA) is 29.1 Å². The second-order valence-corrected chi connectivity index (χ2v) is 5.72. The molecule has 0 saturated carbocycles. The number of carbonyl (C=O) groups excluding carboxylic acids is 1. The molecule has 0 radical (unpaired) electrons. The maximum Gasteiger partial charge on any atom is 0.458 e. The van der Waals surface area contributed by atoms with Crippen LogP contribution in [-0.4, -0.2) is 18.6 Å². The van der Waals surface area contributed by atoms with E-state index in [1.807, 2.05) is 0 Å². The summed E-state index contributed by atoms with van der Waals surface area (Å²) >= 11 is 5.76. The number of amides is 1. The molecule has 0 aromatic heterocycles. The second-order valence-electron chi connectivity index (χ2n) is 5.28. The lowest BCUT2D eigenvalue weighted by Gasteiger charge is -2.19. The summed E-state index contributed by atoms with van der Waals surface area (Å²) in [5.74, 6) is -5.52. The number of nitrogens with one attached hydrogen (secondary N) is 1. The minimum atomic E-state index is -5.69. The molecule has 0 bridgehead atoms. The zero-order valence-corrected chi connectivity index (χ0v) is 13.5. The lowest BCUT2D eigenvalue weighted by molar-refractivity contribution is -0.289. The largest absolute Gasteiger partial charge is 0.458 e. The van der Waals surface area contributed by atoms with Gasteiger partial charge in [-0.3, -0.25) is 4.79 Å². The summed E-state index contributed by atoms with van der Waals surface area (Å²) in [6, 6.07) is 10.1. The van der Waals surface area contributed by atoms with Crippen molar-refractivity contribution in [2.24, 2.45) is 0 Å². The van der Waals surface area contributed by atoms with E-state index in [9.17, 15) is 26.7 Å². The summed E-state index contributed by atoms with van der Waals surface area (Å²) in [5, 5.41) is 3.16. The highest BCUT2D eigenvalue weighted by Gasteiger charge is 2.58. The van der Waals surface area contributed by atoms with Crippen LogP contribution < -0.4 is 5.32 Å². The quantitative estimate of drug-likeness (QED) is 0.733. The Morgan fingerprint density at radius 1 is 0.920 bits per heavy atom. The fourth-order valence-electron chi connectivity index (χ4n) is 2.07. The van der Waals surface area contributed by atoms with Crippen molar-refractivity contribution >= 4 is 17.5 Å². The van der Waals surface area contributed by atoms with Crippen molar-refractivity contribution in [3.05, 3.63) is 70.2 Å². The highest BCUT2D eigenvalue weighted by atomic mass is 35.5. The highest BCUT2D eigenvalue weighted by molar-refractivity contribution is 6.30. The molecule has 134 valence electrons. The first-order valence-corrected chi connectivity index (χ1v) is 7.57. The molecule has 0 heterocycles. The Morgan fingerprint density at radius 3 is 2.00 bits per heavy atom. The van der Waals surface area contributed by atoms with E-state index in [1.54, 1.807) is 24.3 Å². The van der Waals surface area contributed by atoms with Gasteiger partial charge < -0.3 is 5.32 Å². The summed E-state index contributed by atoms with van der Waals surface area (Å²) < 4.78 is 63.2. The summed E-state index contributed by atoms with van der Waals surface area (Å²) in [4.78, 5) is 11.9. The van der Waals surface area contributed by atoms with Gasteiger partial charge in [0.1, 0.15) is 0 Å². The van der Waals surface area contributed by atoms with Crippen LogP contribution in [0.15, 0.2) is 48.5 Å². The molecule has 0 saturated heterocycles. The number of carbonyl (C=O) groups is 1. The Labute approximate surface area is 145 Å². The molecule has 8 heteroatoms. The van der Waals surface area contributed by atoms with Crippen LogP contribution in [0.2, 0.25) is 5.02 Å². The van der Waals surface area contributed by atoms with Crippen LogP contribution in [0.5, 0.6) is 0 Å². The highest BCUT2D eigenvalue weighted by Crippen LogP contribution is 2.43. The Balaban J connectivity index is 1.95. The molecule has 2 rings (SSSR count). The van der Waals surface area contributed by atoms with Crippen LogP contribution in [0, 0.1) is 0 Å². The lowest BCUT2D eigenvalue weighted by Crippen LogP contribution is -2.33. The zero-order chi connectivity index (χ0) is 18.7. The maximum absolute atomic E-state index is 13.2. The van der Waals surface area contributed by atoms with Gasteiger partial charge in [0, 0.05) is 22.7 Å². The van der Waals surface area contributed by atoms with Gasteiger partial charge in [-0.2, -0.15) is 22.0 Å². The minimum Gasteiger partial charge on any atom is -0.352 e. The SMILES string of the molecule is O=C(NCCc1ccc(Cl)cc1)c1ccc(C(F)(F)C(F)(F)F)cc1. The Kier molecular flexibility index (Phi) is 5.67. The first-order chi connectivity index (χ1) is 11.6. The number of hydrogen-bond acceptors (Lipinski definition) is 1. The molecular weight excluding hydrogens is 365 g/mol. The van der Waals surface area contributed by atoms with Crippen LogP contribution in [-0.2, 0) is 12.3 Å². The van der Waals surface area contributed by atoms with Crippen molar-refractivity contribution in [1.82, 2.24) is 5.32 Å². The van der Waals surface area contributed by atoms with Crippen LogP contribution in [0.25, 0.3) is 0 Å². The molecule has 25 heavy (non-hydrogen) atoms.